The third-order valence-corrected chi connectivity index (χ3v) is 4.37. The highest BCUT2D eigenvalue weighted by atomic mass is 28.4. The average Bonchev–Trinajstić information content (AvgIpc) is 2.43. The van der Waals surface area contributed by atoms with Gasteiger partial charge in [0.05, 0.1) is 14.2 Å². The Morgan fingerprint density at radius 1 is 0.917 bits per heavy atom. The Kier molecular flexibility index (Phi) is 6.68. The van der Waals surface area contributed by atoms with Crippen molar-refractivity contribution in [3.05, 3.63) is 29.5 Å². The molecule has 0 spiro atoms. The Morgan fingerprint density at radius 2 is 1.50 bits per heavy atom. The maximum atomic E-state index is 12.6. The Morgan fingerprint density at radius 3 is 1.96 bits per heavy atom. The largest absolute Gasteiger partial charge is 0.539 e. The molecule has 1 aromatic carbocycles. The van der Waals surface area contributed by atoms with Gasteiger partial charge in [0, 0.05) is 5.56 Å². The summed E-state index contributed by atoms with van der Waals surface area (Å²) in [4.78, 5) is 12.6. The van der Waals surface area contributed by atoms with Gasteiger partial charge in [-0.1, -0.05) is 0 Å². The number of ether oxygens (including phenoxy) is 2. The molecule has 0 radical (unpaired) electrons. The van der Waals surface area contributed by atoms with Crippen molar-refractivity contribution < 1.29 is 23.1 Å². The number of hydrogen-bond donors (Lipinski definition) is 0. The number of rotatable bonds is 7. The lowest BCUT2D eigenvalue weighted by Crippen LogP contribution is -2.33. The van der Waals surface area contributed by atoms with Gasteiger partial charge in [0.15, 0.2) is 5.76 Å². The molecule has 0 bridgehead atoms. The van der Waals surface area contributed by atoms with Crippen molar-refractivity contribution in [3.8, 4) is 11.5 Å². The molecule has 0 unspecified atom stereocenters. The first kappa shape index (κ1) is 20.3. The van der Waals surface area contributed by atoms with E-state index in [9.17, 15) is 4.79 Å². The monoisotopic (exact) mass is 368 g/mol. The fourth-order valence-corrected chi connectivity index (χ4v) is 3.34. The van der Waals surface area contributed by atoms with Crippen LogP contribution < -0.4 is 9.47 Å². The van der Waals surface area contributed by atoms with Crippen LogP contribution in [0, 0.1) is 0 Å². The van der Waals surface area contributed by atoms with Crippen molar-refractivity contribution >= 4 is 28.7 Å². The van der Waals surface area contributed by atoms with Gasteiger partial charge in [-0.2, -0.15) is 0 Å². The fraction of sp³-hybridized carbons (Fsp3) is 0.471. The number of methoxy groups -OCH3 is 2. The second-order valence-electron chi connectivity index (χ2n) is 7.33. The molecule has 5 nitrogen and oxygen atoms in total. The predicted octanol–water partition coefficient (Wildman–Crippen LogP) is 4.27. The van der Waals surface area contributed by atoms with Gasteiger partial charge in [-0.15, -0.1) is 0 Å². The van der Waals surface area contributed by atoms with E-state index in [0.29, 0.717) is 17.1 Å². The number of carbonyl (C=O) groups is 1. The van der Waals surface area contributed by atoms with E-state index in [-0.39, 0.29) is 5.76 Å². The van der Waals surface area contributed by atoms with Gasteiger partial charge < -0.3 is 18.3 Å². The summed E-state index contributed by atoms with van der Waals surface area (Å²) in [5, 5.41) is 0. The molecular weight excluding hydrogens is 340 g/mol. The molecule has 0 aromatic heterocycles. The molecule has 0 atom stereocenters. The highest BCUT2D eigenvalue weighted by Crippen LogP contribution is 2.27. The first-order valence-electron chi connectivity index (χ1n) is 7.81. The lowest BCUT2D eigenvalue weighted by atomic mass is 10.1. The summed E-state index contributed by atoms with van der Waals surface area (Å²) in [7, 11) is -0.840. The first-order chi connectivity index (χ1) is 10.9. The summed E-state index contributed by atoms with van der Waals surface area (Å²) in [5.41, 5.74) is 0.706. The van der Waals surface area contributed by atoms with Crippen LogP contribution in [0.4, 0.5) is 0 Å². The lowest BCUT2D eigenvalue weighted by Gasteiger charge is -2.24. The summed E-state index contributed by atoms with van der Waals surface area (Å²) in [6.45, 7) is 11.9. The maximum absolute atomic E-state index is 12.6. The maximum Gasteiger partial charge on any atom is 0.358 e. The molecule has 0 saturated heterocycles. The third-order valence-electron chi connectivity index (χ3n) is 2.74. The van der Waals surface area contributed by atoms with Crippen molar-refractivity contribution in [2.45, 2.75) is 39.3 Å². The van der Waals surface area contributed by atoms with Crippen LogP contribution in [0.15, 0.2) is 24.0 Å². The Bertz CT molecular complexity index is 612. The van der Waals surface area contributed by atoms with Crippen molar-refractivity contribution in [3.63, 3.8) is 0 Å². The minimum absolute atomic E-state index is 0.211. The summed E-state index contributed by atoms with van der Waals surface area (Å²) in [5.74, 6) is 1.09. The predicted molar refractivity (Wildman–Crippen MR) is 101 cm³/mol. The summed E-state index contributed by atoms with van der Waals surface area (Å²) in [6.07, 6.45) is 1.67. The van der Waals surface area contributed by atoms with Crippen molar-refractivity contribution in [2.75, 3.05) is 14.2 Å². The van der Waals surface area contributed by atoms with E-state index in [1.807, 2.05) is 39.3 Å². The zero-order valence-electron chi connectivity index (χ0n) is 15.9. The third kappa shape index (κ3) is 6.80. The summed E-state index contributed by atoms with van der Waals surface area (Å²) in [6, 6.07) is 5.39. The molecular formula is C17H28O5Si2. The molecule has 1 aromatic rings. The minimum atomic E-state index is -2.03. The van der Waals surface area contributed by atoms with Crippen LogP contribution in [0.1, 0.15) is 5.56 Å². The molecule has 0 amide bonds. The van der Waals surface area contributed by atoms with Crippen LogP contribution in [0.25, 0.3) is 6.08 Å². The smallest absolute Gasteiger partial charge is 0.358 e. The number of hydrogen-bond acceptors (Lipinski definition) is 5. The second kappa shape index (κ2) is 7.89. The quantitative estimate of drug-likeness (QED) is 0.408. The van der Waals surface area contributed by atoms with Crippen LogP contribution in [0.5, 0.6) is 11.5 Å². The SMILES string of the molecule is COc1ccc(OC)c(/C=C(\O[Si](C)(C)C)C(=O)O[Si](C)(C)C)c1. The zero-order valence-corrected chi connectivity index (χ0v) is 17.9. The number of benzene rings is 1. The van der Waals surface area contributed by atoms with E-state index >= 15 is 0 Å². The van der Waals surface area contributed by atoms with Crippen LogP contribution in [0.2, 0.25) is 39.3 Å². The van der Waals surface area contributed by atoms with E-state index in [0.717, 1.165) is 0 Å². The molecule has 0 N–H and O–H groups in total. The van der Waals surface area contributed by atoms with Gasteiger partial charge in [0.2, 0.25) is 16.6 Å². The highest BCUT2D eigenvalue weighted by Gasteiger charge is 2.27. The van der Waals surface area contributed by atoms with Gasteiger partial charge in [-0.3, -0.25) is 0 Å². The Hall–Kier alpha value is -1.74. The molecule has 0 saturated carbocycles. The van der Waals surface area contributed by atoms with Crippen LogP contribution >= 0.6 is 0 Å². The summed E-state index contributed by atoms with van der Waals surface area (Å²) < 4.78 is 22.2. The van der Waals surface area contributed by atoms with Gasteiger partial charge in [0.1, 0.15) is 11.5 Å². The fourth-order valence-electron chi connectivity index (χ4n) is 1.88. The van der Waals surface area contributed by atoms with Crippen molar-refractivity contribution in [1.29, 1.82) is 0 Å². The standard InChI is InChI=1S/C17H28O5Si2/c1-19-14-9-10-15(20-2)13(11-14)12-16(21-23(3,4)5)17(18)22-24(6,7)8/h9-12H,1-8H3/b16-12-. The second-order valence-corrected chi connectivity index (χ2v) is 16.2. The first-order valence-corrected chi connectivity index (χ1v) is 14.6. The molecule has 1 rings (SSSR count). The van der Waals surface area contributed by atoms with Crippen molar-refractivity contribution in [2.24, 2.45) is 0 Å². The van der Waals surface area contributed by atoms with E-state index < -0.39 is 22.6 Å². The molecule has 7 heteroatoms. The van der Waals surface area contributed by atoms with E-state index in [4.69, 9.17) is 18.3 Å². The molecule has 24 heavy (non-hydrogen) atoms. The van der Waals surface area contributed by atoms with Crippen molar-refractivity contribution in [1.82, 2.24) is 0 Å². The van der Waals surface area contributed by atoms with Gasteiger partial charge in [-0.05, 0) is 63.6 Å². The molecule has 0 aliphatic heterocycles. The molecule has 134 valence electrons. The van der Waals surface area contributed by atoms with Crippen LogP contribution in [-0.4, -0.2) is 36.8 Å². The Balaban J connectivity index is 3.32. The normalized spacial score (nSPS) is 12.6. The molecule has 0 heterocycles. The number of carbonyl (C=O) groups excluding carboxylic acids is 1. The Labute approximate surface area is 146 Å². The van der Waals surface area contributed by atoms with E-state index in [1.54, 1.807) is 38.5 Å². The molecule has 0 fully saturated rings. The van der Waals surface area contributed by atoms with Crippen LogP contribution in [-0.2, 0) is 13.6 Å². The molecule has 0 aliphatic rings. The highest BCUT2D eigenvalue weighted by molar-refractivity contribution is 6.72. The van der Waals surface area contributed by atoms with Crippen LogP contribution in [0.3, 0.4) is 0 Å². The lowest BCUT2D eigenvalue weighted by molar-refractivity contribution is -0.133. The average molecular weight is 369 g/mol. The van der Waals surface area contributed by atoms with E-state index in [2.05, 4.69) is 0 Å². The van der Waals surface area contributed by atoms with E-state index in [1.165, 1.54) is 0 Å². The van der Waals surface area contributed by atoms with Gasteiger partial charge in [0.25, 0.3) is 0 Å². The van der Waals surface area contributed by atoms with Gasteiger partial charge in [-0.25, -0.2) is 4.79 Å². The molecule has 0 aliphatic carbocycles. The van der Waals surface area contributed by atoms with Gasteiger partial charge >= 0.3 is 5.97 Å². The summed E-state index contributed by atoms with van der Waals surface area (Å²) >= 11 is 0. The topological polar surface area (TPSA) is 54.0 Å². The minimum Gasteiger partial charge on any atom is -0.539 e. The zero-order chi connectivity index (χ0) is 18.5.